The van der Waals surface area contributed by atoms with E-state index in [1.807, 2.05) is 0 Å². The first-order chi connectivity index (χ1) is 9.02. The van der Waals surface area contributed by atoms with Gasteiger partial charge < -0.3 is 10.8 Å². The molecule has 6 nitrogen and oxygen atoms in total. The summed E-state index contributed by atoms with van der Waals surface area (Å²) in [5, 5.41) is 6.90. The maximum Gasteiger partial charge on any atom is 0.490 e. The molecule has 2 saturated carbocycles. The lowest BCUT2D eigenvalue weighted by molar-refractivity contribution is -0.192. The van der Waals surface area contributed by atoms with Crippen molar-refractivity contribution in [2.45, 2.75) is 43.2 Å². The van der Waals surface area contributed by atoms with Crippen LogP contribution in [0.25, 0.3) is 0 Å². The van der Waals surface area contributed by atoms with Crippen LogP contribution in [0.15, 0.2) is 0 Å². The van der Waals surface area contributed by atoms with E-state index in [0.717, 1.165) is 0 Å². The van der Waals surface area contributed by atoms with E-state index < -0.39 is 22.2 Å². The average Bonchev–Trinajstić information content (AvgIpc) is 3.05. The van der Waals surface area contributed by atoms with Gasteiger partial charge in [-0.2, -0.15) is 13.2 Å². The molecule has 2 rings (SSSR count). The van der Waals surface area contributed by atoms with E-state index in [2.05, 4.69) is 4.72 Å². The highest BCUT2D eigenvalue weighted by Gasteiger charge is 2.38. The van der Waals surface area contributed by atoms with Crippen molar-refractivity contribution in [3.05, 3.63) is 0 Å². The van der Waals surface area contributed by atoms with Crippen LogP contribution in [0.1, 0.15) is 25.7 Å². The van der Waals surface area contributed by atoms with Crippen LogP contribution in [-0.2, 0) is 14.8 Å². The third-order valence-corrected chi connectivity index (χ3v) is 4.91. The molecule has 0 heterocycles. The summed E-state index contributed by atoms with van der Waals surface area (Å²) in [5.74, 6) is -2.16. The van der Waals surface area contributed by atoms with E-state index in [4.69, 9.17) is 15.6 Å². The van der Waals surface area contributed by atoms with Gasteiger partial charge in [0, 0.05) is 12.6 Å². The van der Waals surface area contributed by atoms with E-state index in [0.29, 0.717) is 25.3 Å². The van der Waals surface area contributed by atoms with Gasteiger partial charge in [-0.05, 0) is 31.6 Å². The number of aliphatic carboxylic acids is 1. The Bertz CT molecular complexity index is 442. The number of carbonyl (C=O) groups is 1. The molecule has 0 aromatic heterocycles. The lowest BCUT2D eigenvalue weighted by Gasteiger charge is -2.31. The predicted molar refractivity (Wildman–Crippen MR) is 64.3 cm³/mol. The highest BCUT2D eigenvalue weighted by molar-refractivity contribution is 7.90. The number of sulfonamides is 1. The number of hydrogen-bond acceptors (Lipinski definition) is 4. The summed E-state index contributed by atoms with van der Waals surface area (Å²) < 4.78 is 57.4. The van der Waals surface area contributed by atoms with Crippen molar-refractivity contribution in [1.82, 2.24) is 4.72 Å². The summed E-state index contributed by atoms with van der Waals surface area (Å²) in [7, 11) is -3.04. The normalized spacial score (nSPS) is 26.2. The first-order valence-corrected chi connectivity index (χ1v) is 7.61. The molecular formula is C10H17F3N2O4S. The second-order valence-corrected chi connectivity index (χ2v) is 7.04. The van der Waals surface area contributed by atoms with Gasteiger partial charge in [-0.15, -0.1) is 0 Å². The minimum Gasteiger partial charge on any atom is -0.475 e. The fourth-order valence-electron chi connectivity index (χ4n) is 1.53. The molecule has 0 unspecified atom stereocenters. The first kappa shape index (κ1) is 17.2. The number of carboxylic acids is 1. The number of nitrogens with two attached hydrogens (primary N) is 1. The molecular weight excluding hydrogens is 301 g/mol. The van der Waals surface area contributed by atoms with Crippen LogP contribution in [0.2, 0.25) is 0 Å². The van der Waals surface area contributed by atoms with Crippen molar-refractivity contribution in [2.24, 2.45) is 11.7 Å². The Morgan fingerprint density at radius 3 is 2.05 bits per heavy atom. The first-order valence-electron chi connectivity index (χ1n) is 6.06. The van der Waals surface area contributed by atoms with E-state index in [1.54, 1.807) is 0 Å². The number of carboxylic acid groups (broad SMARTS) is 1. The van der Waals surface area contributed by atoms with Gasteiger partial charge in [0.1, 0.15) is 0 Å². The molecule has 0 spiro atoms. The molecule has 0 aliphatic heterocycles. The Labute approximate surface area is 114 Å². The predicted octanol–water partition coefficient (Wildman–Crippen LogP) is 0.439. The number of nitrogens with one attached hydrogen (secondary N) is 1. The number of alkyl halides is 3. The van der Waals surface area contributed by atoms with E-state index in [9.17, 15) is 21.6 Å². The molecule has 2 fully saturated rings. The molecule has 4 N–H and O–H groups in total. The van der Waals surface area contributed by atoms with E-state index in [-0.39, 0.29) is 11.3 Å². The zero-order valence-electron chi connectivity index (χ0n) is 10.6. The summed E-state index contributed by atoms with van der Waals surface area (Å²) in [6.45, 7) is 0.633. The zero-order valence-corrected chi connectivity index (χ0v) is 11.4. The average molecular weight is 318 g/mol. The van der Waals surface area contributed by atoms with Crippen molar-refractivity contribution >= 4 is 16.0 Å². The molecule has 0 amide bonds. The second kappa shape index (κ2) is 6.27. The number of rotatable bonds is 4. The van der Waals surface area contributed by atoms with E-state index >= 15 is 0 Å². The van der Waals surface area contributed by atoms with Crippen LogP contribution in [-0.4, -0.2) is 43.5 Å². The molecule has 118 valence electrons. The molecule has 10 heteroatoms. The number of hydrogen-bond donors (Lipinski definition) is 3. The van der Waals surface area contributed by atoms with Crippen molar-refractivity contribution in [3.8, 4) is 0 Å². The molecule has 0 saturated heterocycles. The van der Waals surface area contributed by atoms with Gasteiger partial charge in [-0.1, -0.05) is 0 Å². The molecule has 2 aliphatic carbocycles. The standard InChI is InChI=1S/C8H16N2O2S.C2HF3O2/c9-7-3-8(4-7)13(11,12)10-5-6-1-2-6;3-2(4,5)1(6)7/h6-8,10H,1-5,9H2;(H,6,7). The van der Waals surface area contributed by atoms with E-state index in [1.165, 1.54) is 12.8 Å². The van der Waals surface area contributed by atoms with Gasteiger partial charge in [0.25, 0.3) is 0 Å². The van der Waals surface area contributed by atoms with Crippen LogP contribution in [0.4, 0.5) is 13.2 Å². The molecule has 0 bridgehead atoms. The maximum atomic E-state index is 11.5. The summed E-state index contributed by atoms with van der Waals surface area (Å²) in [5.41, 5.74) is 5.54. The van der Waals surface area contributed by atoms with Gasteiger partial charge in [-0.3, -0.25) is 0 Å². The zero-order chi connectivity index (χ0) is 15.6. The Kier molecular flexibility index (Phi) is 5.39. The van der Waals surface area contributed by atoms with Crippen LogP contribution >= 0.6 is 0 Å². The molecule has 0 atom stereocenters. The fraction of sp³-hybridized carbons (Fsp3) is 0.900. The highest BCUT2D eigenvalue weighted by Crippen LogP contribution is 2.29. The maximum absolute atomic E-state index is 11.5. The van der Waals surface area contributed by atoms with Crippen LogP contribution in [0.3, 0.4) is 0 Å². The number of halogens is 3. The topological polar surface area (TPSA) is 109 Å². The lowest BCUT2D eigenvalue weighted by atomic mass is 9.94. The quantitative estimate of drug-likeness (QED) is 0.697. The fourth-order valence-corrected chi connectivity index (χ4v) is 3.24. The van der Waals surface area contributed by atoms with Gasteiger partial charge in [0.05, 0.1) is 5.25 Å². The highest BCUT2D eigenvalue weighted by atomic mass is 32.2. The van der Waals surface area contributed by atoms with Crippen molar-refractivity contribution in [1.29, 1.82) is 0 Å². The molecule has 0 radical (unpaired) electrons. The molecule has 20 heavy (non-hydrogen) atoms. The van der Waals surface area contributed by atoms with Gasteiger partial charge >= 0.3 is 12.1 Å². The third kappa shape index (κ3) is 5.63. The van der Waals surface area contributed by atoms with Crippen LogP contribution < -0.4 is 10.5 Å². The van der Waals surface area contributed by atoms with Gasteiger partial charge in [-0.25, -0.2) is 17.9 Å². The SMILES string of the molecule is NC1CC(S(=O)(=O)NCC2CC2)C1.O=C(O)C(F)(F)F. The Morgan fingerprint density at radius 2 is 1.75 bits per heavy atom. The smallest absolute Gasteiger partial charge is 0.475 e. The van der Waals surface area contributed by atoms with Crippen LogP contribution in [0.5, 0.6) is 0 Å². The lowest BCUT2D eigenvalue weighted by Crippen LogP contribution is -2.49. The van der Waals surface area contributed by atoms with Crippen molar-refractivity contribution in [3.63, 3.8) is 0 Å². The van der Waals surface area contributed by atoms with Crippen molar-refractivity contribution < 1.29 is 31.5 Å². The van der Waals surface area contributed by atoms with Crippen molar-refractivity contribution in [2.75, 3.05) is 6.54 Å². The minimum absolute atomic E-state index is 0.0995. The molecule has 2 aliphatic rings. The molecule has 0 aromatic carbocycles. The largest absolute Gasteiger partial charge is 0.490 e. The summed E-state index contributed by atoms with van der Waals surface area (Å²) >= 11 is 0. The minimum atomic E-state index is -5.08. The van der Waals surface area contributed by atoms with Gasteiger partial charge in [0.15, 0.2) is 0 Å². The van der Waals surface area contributed by atoms with Crippen LogP contribution in [0, 0.1) is 5.92 Å². The van der Waals surface area contributed by atoms with Gasteiger partial charge in [0.2, 0.25) is 10.0 Å². The third-order valence-electron chi connectivity index (χ3n) is 3.08. The summed E-state index contributed by atoms with van der Waals surface area (Å²) in [6, 6.07) is 0.0995. The summed E-state index contributed by atoms with van der Waals surface area (Å²) in [4.78, 5) is 8.90. The Morgan fingerprint density at radius 1 is 1.30 bits per heavy atom. The Balaban J connectivity index is 0.000000246. The monoisotopic (exact) mass is 318 g/mol. The Hall–Kier alpha value is -0.870. The molecule has 0 aromatic rings. The second-order valence-electron chi connectivity index (χ2n) is 4.99. The summed E-state index contributed by atoms with van der Waals surface area (Å²) in [6.07, 6.45) is -1.49.